The van der Waals surface area contributed by atoms with Crippen molar-refractivity contribution in [3.05, 3.63) is 0 Å². The minimum atomic E-state index is -0.863. The van der Waals surface area contributed by atoms with Crippen molar-refractivity contribution in [3.8, 4) is 0 Å². The molecule has 0 aromatic rings. The summed E-state index contributed by atoms with van der Waals surface area (Å²) in [5.41, 5.74) is 0. The Hall–Kier alpha value is -0.610. The van der Waals surface area contributed by atoms with Gasteiger partial charge in [-0.3, -0.25) is 4.90 Å². The van der Waals surface area contributed by atoms with E-state index < -0.39 is 5.97 Å². The molecule has 0 aromatic heterocycles. The van der Waals surface area contributed by atoms with Crippen LogP contribution in [0.1, 0.15) is 45.4 Å². The minimum Gasteiger partial charge on any atom is -0.480 e. The number of aliphatic carboxylic acids is 1. The molecule has 2 aliphatic rings. The lowest BCUT2D eigenvalue weighted by Crippen LogP contribution is -2.47. The minimum absolute atomic E-state index is 0.148. The van der Waals surface area contributed by atoms with Crippen LogP contribution in [-0.4, -0.2) is 47.8 Å². The molecule has 2 atom stereocenters. The van der Waals surface area contributed by atoms with E-state index in [-0.39, 0.29) is 12.7 Å². The van der Waals surface area contributed by atoms with E-state index in [9.17, 15) is 4.79 Å². The fourth-order valence-electron chi connectivity index (χ4n) is 3.40. The number of hydrogen-bond acceptors (Lipinski definition) is 3. The van der Waals surface area contributed by atoms with Gasteiger partial charge in [-0.2, -0.15) is 0 Å². The first kappa shape index (κ1) is 13.8. The molecule has 1 N–H and O–H groups in total. The lowest BCUT2D eigenvalue weighted by atomic mass is 9.84. The highest BCUT2D eigenvalue weighted by Crippen LogP contribution is 2.30. The maximum atomic E-state index is 10.5. The van der Waals surface area contributed by atoms with Crippen molar-refractivity contribution in [1.82, 2.24) is 4.90 Å². The topological polar surface area (TPSA) is 49.8 Å². The van der Waals surface area contributed by atoms with Crippen molar-refractivity contribution in [2.75, 3.05) is 19.7 Å². The maximum Gasteiger partial charge on any atom is 0.329 e. The summed E-state index contributed by atoms with van der Waals surface area (Å²) in [6, 6.07) is 0.749. The van der Waals surface area contributed by atoms with E-state index in [1.165, 1.54) is 25.7 Å². The second-order valence-electron chi connectivity index (χ2n) is 5.77. The van der Waals surface area contributed by atoms with E-state index in [4.69, 9.17) is 9.84 Å². The monoisotopic (exact) mass is 255 g/mol. The molecule has 0 aromatic carbocycles. The molecule has 0 amide bonds. The van der Waals surface area contributed by atoms with Crippen LogP contribution in [-0.2, 0) is 9.53 Å². The second-order valence-corrected chi connectivity index (χ2v) is 5.77. The van der Waals surface area contributed by atoms with E-state index in [1.54, 1.807) is 0 Å². The van der Waals surface area contributed by atoms with Crippen LogP contribution < -0.4 is 0 Å². The van der Waals surface area contributed by atoms with Gasteiger partial charge >= 0.3 is 5.97 Å². The third-order valence-corrected chi connectivity index (χ3v) is 4.45. The van der Waals surface area contributed by atoms with Gasteiger partial charge in [0.2, 0.25) is 0 Å². The van der Waals surface area contributed by atoms with Crippen LogP contribution in [0.2, 0.25) is 0 Å². The van der Waals surface area contributed by atoms with E-state index in [0.29, 0.717) is 0 Å². The van der Waals surface area contributed by atoms with Gasteiger partial charge < -0.3 is 9.84 Å². The van der Waals surface area contributed by atoms with Crippen LogP contribution >= 0.6 is 0 Å². The van der Waals surface area contributed by atoms with Crippen molar-refractivity contribution in [2.24, 2.45) is 5.92 Å². The molecule has 1 aliphatic carbocycles. The van der Waals surface area contributed by atoms with Crippen molar-refractivity contribution in [3.63, 3.8) is 0 Å². The molecule has 4 nitrogen and oxygen atoms in total. The molecular formula is C14H25NO3. The van der Waals surface area contributed by atoms with E-state index in [2.05, 4.69) is 11.8 Å². The Morgan fingerprint density at radius 3 is 2.50 bits per heavy atom. The van der Waals surface area contributed by atoms with Crippen LogP contribution in [0.5, 0.6) is 0 Å². The molecule has 1 aliphatic heterocycles. The second kappa shape index (κ2) is 6.53. The van der Waals surface area contributed by atoms with Gasteiger partial charge in [-0.05, 0) is 31.6 Å². The van der Waals surface area contributed by atoms with Crippen molar-refractivity contribution >= 4 is 5.97 Å². The number of ether oxygens (including phenoxy) is 1. The summed E-state index contributed by atoms with van der Waals surface area (Å²) >= 11 is 0. The summed E-state index contributed by atoms with van der Waals surface area (Å²) in [7, 11) is 0. The fraction of sp³-hybridized carbons (Fsp3) is 0.929. The van der Waals surface area contributed by atoms with Gasteiger partial charge in [-0.1, -0.05) is 19.8 Å². The third-order valence-electron chi connectivity index (χ3n) is 4.45. The highest BCUT2D eigenvalue weighted by molar-refractivity contribution is 5.68. The van der Waals surface area contributed by atoms with Crippen molar-refractivity contribution < 1.29 is 14.6 Å². The average molecular weight is 255 g/mol. The number of hydrogen-bond donors (Lipinski definition) is 1. The lowest BCUT2D eigenvalue weighted by Gasteiger charge is -2.42. The summed E-state index contributed by atoms with van der Waals surface area (Å²) in [6.07, 6.45) is 7.56. The first-order chi connectivity index (χ1) is 8.66. The van der Waals surface area contributed by atoms with Crippen LogP contribution in [0.4, 0.5) is 0 Å². The summed E-state index contributed by atoms with van der Waals surface area (Å²) in [4.78, 5) is 13.1. The predicted molar refractivity (Wildman–Crippen MR) is 69.6 cm³/mol. The van der Waals surface area contributed by atoms with Crippen LogP contribution in [0.25, 0.3) is 0 Å². The van der Waals surface area contributed by atoms with Gasteiger partial charge in [0, 0.05) is 19.1 Å². The first-order valence-electron chi connectivity index (χ1n) is 7.24. The molecule has 2 rings (SSSR count). The van der Waals surface area contributed by atoms with Gasteiger partial charge in [-0.15, -0.1) is 0 Å². The van der Waals surface area contributed by atoms with Gasteiger partial charge in [0.25, 0.3) is 0 Å². The molecule has 0 bridgehead atoms. The molecule has 2 unspecified atom stereocenters. The van der Waals surface area contributed by atoms with Gasteiger partial charge in [0.05, 0.1) is 6.10 Å². The molecular weight excluding hydrogens is 230 g/mol. The van der Waals surface area contributed by atoms with Crippen LogP contribution in [0, 0.1) is 5.92 Å². The Labute approximate surface area is 109 Å². The molecule has 104 valence electrons. The normalized spacial score (nSPS) is 31.4. The summed E-state index contributed by atoms with van der Waals surface area (Å²) in [5.74, 6) is -0.0476. The fourth-order valence-corrected chi connectivity index (χ4v) is 3.40. The Kier molecular flexibility index (Phi) is 5.01. The molecule has 18 heavy (non-hydrogen) atoms. The standard InChI is InChI=1S/C14H25NO3/c1-11-4-2-3-5-13(11)15-8-6-12(7-9-15)18-10-14(16)17/h11-13H,2-10H2,1H3,(H,16,17). The SMILES string of the molecule is CC1CCCCC1N1CCC(OCC(=O)O)CC1. The maximum absolute atomic E-state index is 10.5. The van der Waals surface area contributed by atoms with E-state index in [0.717, 1.165) is 37.9 Å². The lowest BCUT2D eigenvalue weighted by molar-refractivity contribution is -0.145. The Morgan fingerprint density at radius 2 is 1.89 bits per heavy atom. The Bertz CT molecular complexity index is 274. The Balaban J connectivity index is 1.74. The van der Waals surface area contributed by atoms with Gasteiger partial charge in [0.15, 0.2) is 0 Å². The quantitative estimate of drug-likeness (QED) is 0.836. The van der Waals surface area contributed by atoms with E-state index >= 15 is 0 Å². The number of piperidine rings is 1. The van der Waals surface area contributed by atoms with Gasteiger partial charge in [-0.25, -0.2) is 4.79 Å². The van der Waals surface area contributed by atoms with Crippen LogP contribution in [0.15, 0.2) is 0 Å². The van der Waals surface area contributed by atoms with Gasteiger partial charge in [0.1, 0.15) is 6.61 Å². The number of rotatable bonds is 4. The largest absolute Gasteiger partial charge is 0.480 e. The molecule has 0 spiro atoms. The Morgan fingerprint density at radius 1 is 1.22 bits per heavy atom. The molecule has 4 heteroatoms. The number of carbonyl (C=O) groups is 1. The average Bonchev–Trinajstić information content (AvgIpc) is 2.38. The smallest absolute Gasteiger partial charge is 0.329 e. The number of likely N-dealkylation sites (tertiary alicyclic amines) is 1. The summed E-state index contributed by atoms with van der Waals surface area (Å²) < 4.78 is 5.38. The molecule has 1 saturated heterocycles. The highest BCUT2D eigenvalue weighted by Gasteiger charge is 2.30. The summed E-state index contributed by atoms with van der Waals surface area (Å²) in [6.45, 7) is 4.36. The zero-order valence-electron chi connectivity index (χ0n) is 11.3. The van der Waals surface area contributed by atoms with Crippen LogP contribution in [0.3, 0.4) is 0 Å². The first-order valence-corrected chi connectivity index (χ1v) is 7.24. The number of nitrogens with zero attached hydrogens (tertiary/aromatic N) is 1. The molecule has 1 heterocycles. The zero-order chi connectivity index (χ0) is 13.0. The van der Waals surface area contributed by atoms with E-state index in [1.807, 2.05) is 0 Å². The highest BCUT2D eigenvalue weighted by atomic mass is 16.5. The molecule has 0 radical (unpaired) electrons. The van der Waals surface area contributed by atoms with Crippen molar-refractivity contribution in [2.45, 2.75) is 57.6 Å². The summed E-state index contributed by atoms with van der Waals surface area (Å²) in [5, 5.41) is 8.60. The number of carboxylic acid groups (broad SMARTS) is 1. The van der Waals surface area contributed by atoms with Crippen molar-refractivity contribution in [1.29, 1.82) is 0 Å². The zero-order valence-corrected chi connectivity index (χ0v) is 11.3. The molecule has 1 saturated carbocycles. The third kappa shape index (κ3) is 3.69. The number of carboxylic acids is 1. The predicted octanol–water partition coefficient (Wildman–Crippen LogP) is 2.13. The molecule has 2 fully saturated rings.